The van der Waals surface area contributed by atoms with Gasteiger partial charge in [-0.3, -0.25) is 4.79 Å². The molecule has 0 aliphatic heterocycles. The first-order valence-electron chi connectivity index (χ1n) is 6.27. The van der Waals surface area contributed by atoms with Gasteiger partial charge in [0.25, 0.3) is 5.91 Å². The fourth-order valence-corrected chi connectivity index (χ4v) is 1.86. The standard InChI is InChI=1S/C15H15ClN2O2/c1-3-20-15-12(5-4-8-17-15)14(19)18-11-7-6-10(2)13(16)9-11/h4-9H,3H2,1-2H3,(H,18,19). The summed E-state index contributed by atoms with van der Waals surface area (Å²) < 4.78 is 5.34. The zero-order valence-electron chi connectivity index (χ0n) is 11.3. The second kappa shape index (κ2) is 6.39. The lowest BCUT2D eigenvalue weighted by Gasteiger charge is -2.10. The summed E-state index contributed by atoms with van der Waals surface area (Å²) in [6.45, 7) is 4.20. The number of anilines is 1. The lowest BCUT2D eigenvalue weighted by Crippen LogP contribution is -2.14. The van der Waals surface area contributed by atoms with Crippen molar-refractivity contribution in [1.82, 2.24) is 4.98 Å². The van der Waals surface area contributed by atoms with Crippen molar-refractivity contribution in [2.24, 2.45) is 0 Å². The molecule has 0 radical (unpaired) electrons. The van der Waals surface area contributed by atoms with Crippen LogP contribution in [0, 0.1) is 6.92 Å². The second-order valence-corrected chi connectivity index (χ2v) is 4.61. The van der Waals surface area contributed by atoms with E-state index in [1.807, 2.05) is 19.9 Å². The van der Waals surface area contributed by atoms with Gasteiger partial charge in [0.05, 0.1) is 6.61 Å². The Labute approximate surface area is 122 Å². The number of aryl methyl sites for hydroxylation is 1. The van der Waals surface area contributed by atoms with Crippen LogP contribution in [0.3, 0.4) is 0 Å². The predicted octanol–water partition coefficient (Wildman–Crippen LogP) is 3.69. The van der Waals surface area contributed by atoms with Crippen molar-refractivity contribution < 1.29 is 9.53 Å². The molecule has 0 saturated carbocycles. The molecule has 0 spiro atoms. The molecule has 2 aromatic rings. The molecule has 0 aliphatic rings. The van der Waals surface area contributed by atoms with Gasteiger partial charge in [0.15, 0.2) is 0 Å². The number of amides is 1. The third kappa shape index (κ3) is 3.27. The van der Waals surface area contributed by atoms with E-state index < -0.39 is 0 Å². The molecule has 2 rings (SSSR count). The Bertz CT molecular complexity index is 629. The van der Waals surface area contributed by atoms with Gasteiger partial charge in [0, 0.05) is 16.9 Å². The summed E-state index contributed by atoms with van der Waals surface area (Å²) >= 11 is 6.04. The van der Waals surface area contributed by atoms with Crippen LogP contribution < -0.4 is 10.1 Å². The highest BCUT2D eigenvalue weighted by Crippen LogP contribution is 2.22. The Morgan fingerprint density at radius 3 is 2.90 bits per heavy atom. The van der Waals surface area contributed by atoms with E-state index >= 15 is 0 Å². The Balaban J connectivity index is 2.21. The van der Waals surface area contributed by atoms with Gasteiger partial charge < -0.3 is 10.1 Å². The van der Waals surface area contributed by atoms with Crippen molar-refractivity contribution in [1.29, 1.82) is 0 Å². The Kier molecular flexibility index (Phi) is 4.58. The fourth-order valence-electron chi connectivity index (χ4n) is 1.68. The van der Waals surface area contributed by atoms with Crippen LogP contribution in [-0.2, 0) is 0 Å². The largest absolute Gasteiger partial charge is 0.477 e. The number of carbonyl (C=O) groups excluding carboxylic acids is 1. The van der Waals surface area contributed by atoms with Gasteiger partial charge >= 0.3 is 0 Å². The number of hydrogen-bond donors (Lipinski definition) is 1. The Morgan fingerprint density at radius 2 is 2.20 bits per heavy atom. The molecule has 0 fully saturated rings. The number of rotatable bonds is 4. The molecule has 5 heteroatoms. The molecule has 20 heavy (non-hydrogen) atoms. The molecule has 0 bridgehead atoms. The van der Waals surface area contributed by atoms with Crippen LogP contribution in [0.15, 0.2) is 36.5 Å². The van der Waals surface area contributed by atoms with Crippen molar-refractivity contribution in [3.8, 4) is 5.88 Å². The summed E-state index contributed by atoms with van der Waals surface area (Å²) in [5.74, 6) is 0.0483. The first-order valence-corrected chi connectivity index (χ1v) is 6.65. The van der Waals surface area contributed by atoms with Crippen LogP contribution >= 0.6 is 11.6 Å². The third-order valence-electron chi connectivity index (χ3n) is 2.73. The van der Waals surface area contributed by atoms with Gasteiger partial charge in [0.2, 0.25) is 5.88 Å². The van der Waals surface area contributed by atoms with E-state index in [1.165, 1.54) is 0 Å². The molecule has 0 aliphatic carbocycles. The summed E-state index contributed by atoms with van der Waals surface area (Å²) in [6.07, 6.45) is 1.59. The lowest BCUT2D eigenvalue weighted by atomic mass is 10.2. The van der Waals surface area contributed by atoms with Crippen molar-refractivity contribution in [3.05, 3.63) is 52.7 Å². The van der Waals surface area contributed by atoms with Crippen LogP contribution in [-0.4, -0.2) is 17.5 Å². The number of nitrogens with one attached hydrogen (secondary N) is 1. The Hall–Kier alpha value is -2.07. The zero-order valence-corrected chi connectivity index (χ0v) is 12.1. The summed E-state index contributed by atoms with van der Waals surface area (Å²) in [6, 6.07) is 8.73. The van der Waals surface area contributed by atoms with E-state index in [9.17, 15) is 4.79 Å². The number of pyridine rings is 1. The quantitative estimate of drug-likeness (QED) is 0.934. The van der Waals surface area contributed by atoms with E-state index in [0.717, 1.165) is 5.56 Å². The summed E-state index contributed by atoms with van der Waals surface area (Å²) in [5.41, 5.74) is 1.99. The highest BCUT2D eigenvalue weighted by molar-refractivity contribution is 6.31. The van der Waals surface area contributed by atoms with E-state index in [-0.39, 0.29) is 5.91 Å². The molecule has 0 atom stereocenters. The van der Waals surface area contributed by atoms with Crippen LogP contribution in [0.1, 0.15) is 22.8 Å². The number of ether oxygens (including phenoxy) is 1. The highest BCUT2D eigenvalue weighted by Gasteiger charge is 2.13. The van der Waals surface area contributed by atoms with E-state index in [4.69, 9.17) is 16.3 Å². The monoisotopic (exact) mass is 290 g/mol. The SMILES string of the molecule is CCOc1ncccc1C(=O)Nc1ccc(C)c(Cl)c1. The molecular weight excluding hydrogens is 276 g/mol. The van der Waals surface area contributed by atoms with Gasteiger partial charge in [-0.1, -0.05) is 17.7 Å². The minimum atomic E-state index is -0.276. The van der Waals surface area contributed by atoms with Crippen molar-refractivity contribution in [3.63, 3.8) is 0 Å². The number of halogens is 1. The lowest BCUT2D eigenvalue weighted by molar-refractivity contribution is 0.102. The fraction of sp³-hybridized carbons (Fsp3) is 0.200. The molecular formula is C15H15ClN2O2. The van der Waals surface area contributed by atoms with Crippen LogP contribution in [0.5, 0.6) is 5.88 Å². The zero-order chi connectivity index (χ0) is 14.5. The minimum absolute atomic E-state index is 0.276. The number of aromatic nitrogens is 1. The van der Waals surface area contributed by atoms with Gasteiger partial charge in [-0.2, -0.15) is 0 Å². The number of hydrogen-bond acceptors (Lipinski definition) is 3. The van der Waals surface area contributed by atoms with Crippen molar-refractivity contribution >= 4 is 23.2 Å². The van der Waals surface area contributed by atoms with Gasteiger partial charge in [-0.15, -0.1) is 0 Å². The average molecular weight is 291 g/mol. The first-order chi connectivity index (χ1) is 9.61. The molecule has 0 unspecified atom stereocenters. The minimum Gasteiger partial charge on any atom is -0.477 e. The summed E-state index contributed by atoms with van der Waals surface area (Å²) in [7, 11) is 0. The smallest absolute Gasteiger partial charge is 0.261 e. The van der Waals surface area contributed by atoms with E-state index in [2.05, 4.69) is 10.3 Å². The van der Waals surface area contributed by atoms with E-state index in [0.29, 0.717) is 28.8 Å². The van der Waals surface area contributed by atoms with Crippen LogP contribution in [0.4, 0.5) is 5.69 Å². The molecule has 1 heterocycles. The number of carbonyl (C=O) groups is 1. The molecule has 1 aromatic carbocycles. The maximum atomic E-state index is 12.2. The maximum Gasteiger partial charge on any atom is 0.261 e. The number of benzene rings is 1. The Morgan fingerprint density at radius 1 is 1.40 bits per heavy atom. The molecule has 104 valence electrons. The van der Waals surface area contributed by atoms with Gasteiger partial charge in [-0.25, -0.2) is 4.98 Å². The summed E-state index contributed by atoms with van der Waals surface area (Å²) in [4.78, 5) is 16.3. The third-order valence-corrected chi connectivity index (χ3v) is 3.13. The van der Waals surface area contributed by atoms with Crippen molar-refractivity contribution in [2.75, 3.05) is 11.9 Å². The van der Waals surface area contributed by atoms with Gasteiger partial charge in [0.1, 0.15) is 5.56 Å². The predicted molar refractivity (Wildman–Crippen MR) is 79.5 cm³/mol. The highest BCUT2D eigenvalue weighted by atomic mass is 35.5. The van der Waals surface area contributed by atoms with Crippen LogP contribution in [0.25, 0.3) is 0 Å². The first kappa shape index (κ1) is 14.3. The second-order valence-electron chi connectivity index (χ2n) is 4.21. The summed E-state index contributed by atoms with van der Waals surface area (Å²) in [5, 5.41) is 3.39. The molecule has 0 saturated heterocycles. The average Bonchev–Trinajstić information content (AvgIpc) is 2.44. The molecule has 1 amide bonds. The molecule has 4 nitrogen and oxygen atoms in total. The molecule has 1 aromatic heterocycles. The maximum absolute atomic E-state index is 12.2. The van der Waals surface area contributed by atoms with Crippen LogP contribution in [0.2, 0.25) is 5.02 Å². The van der Waals surface area contributed by atoms with Gasteiger partial charge in [-0.05, 0) is 43.7 Å². The number of nitrogens with zero attached hydrogens (tertiary/aromatic N) is 1. The molecule has 1 N–H and O–H groups in total. The van der Waals surface area contributed by atoms with Crippen molar-refractivity contribution in [2.45, 2.75) is 13.8 Å². The topological polar surface area (TPSA) is 51.2 Å². The normalized spacial score (nSPS) is 10.2. The van der Waals surface area contributed by atoms with E-state index in [1.54, 1.807) is 30.5 Å².